The summed E-state index contributed by atoms with van der Waals surface area (Å²) >= 11 is 5.23. The van der Waals surface area contributed by atoms with Crippen LogP contribution in [0.25, 0.3) is 0 Å². The minimum absolute atomic E-state index is 0.585. The smallest absolute Gasteiger partial charge is 0.186 e. The molecule has 0 aliphatic heterocycles. The van der Waals surface area contributed by atoms with Gasteiger partial charge in [-0.15, -0.1) is 0 Å². The predicted octanol–water partition coefficient (Wildman–Crippen LogP) is 7.14. The van der Waals surface area contributed by atoms with E-state index in [-0.39, 0.29) is 0 Å². The Bertz CT molecular complexity index is 533. The number of hydrogen-bond donors (Lipinski definition) is 2. The molecule has 0 fully saturated rings. The summed E-state index contributed by atoms with van der Waals surface area (Å²) < 4.78 is 0. The third-order valence-corrected chi connectivity index (χ3v) is 5.64. The quantitative estimate of drug-likeness (QED) is 0.106. The number of hydrazone groups is 1. The van der Waals surface area contributed by atoms with Crippen molar-refractivity contribution in [2.24, 2.45) is 5.10 Å². The first kappa shape index (κ1) is 26.5. The number of nitrogens with zero attached hydrogens (tertiary/aromatic N) is 2. The molecule has 2 N–H and O–H groups in total. The van der Waals surface area contributed by atoms with Crippen molar-refractivity contribution >= 4 is 23.5 Å². The zero-order valence-corrected chi connectivity index (χ0v) is 20.0. The second kappa shape index (κ2) is 20.8. The van der Waals surface area contributed by atoms with E-state index in [1.54, 1.807) is 18.6 Å². The minimum atomic E-state index is 0.585. The normalized spacial score (nSPS) is 11.1. The van der Waals surface area contributed by atoms with Crippen molar-refractivity contribution in [3.8, 4) is 0 Å². The van der Waals surface area contributed by atoms with Crippen LogP contribution in [0.5, 0.6) is 0 Å². The van der Waals surface area contributed by atoms with Gasteiger partial charge in [-0.25, -0.2) is 0 Å². The summed E-state index contributed by atoms with van der Waals surface area (Å²) in [6, 6.07) is 3.80. The van der Waals surface area contributed by atoms with Crippen LogP contribution in [-0.4, -0.2) is 22.9 Å². The average Bonchev–Trinajstić information content (AvgIpc) is 2.76. The maximum absolute atomic E-state index is 5.23. The minimum Gasteiger partial charge on any atom is -0.361 e. The van der Waals surface area contributed by atoms with Gasteiger partial charge in [0.1, 0.15) is 0 Å². The fourth-order valence-corrected chi connectivity index (χ4v) is 3.68. The Morgan fingerprint density at radius 2 is 1.27 bits per heavy atom. The van der Waals surface area contributed by atoms with Crippen LogP contribution in [0.1, 0.15) is 115 Å². The molecule has 0 aromatic carbocycles. The molecular weight excluding hydrogens is 388 g/mol. The highest BCUT2D eigenvalue weighted by atomic mass is 32.1. The number of nitrogens with one attached hydrogen (secondary N) is 2. The maximum atomic E-state index is 5.23. The number of unbranched alkanes of at least 4 members (excludes halogenated alkanes) is 15. The van der Waals surface area contributed by atoms with E-state index in [1.807, 2.05) is 12.1 Å². The molecule has 0 amide bonds. The molecule has 30 heavy (non-hydrogen) atoms. The summed E-state index contributed by atoms with van der Waals surface area (Å²) in [5, 5.41) is 7.93. The SMILES string of the molecule is CCCCCCCCCCCCCCCCCCNC(=S)NN=Cc1ccncc1. The van der Waals surface area contributed by atoms with Gasteiger partial charge in [0.25, 0.3) is 0 Å². The molecule has 0 unspecified atom stereocenters. The lowest BCUT2D eigenvalue weighted by Crippen LogP contribution is -2.32. The van der Waals surface area contributed by atoms with E-state index in [0.29, 0.717) is 5.11 Å². The standard InChI is InChI=1S/C25H44N4S/c1-2-3-4-5-6-7-8-9-10-11-12-13-14-15-16-17-20-27-25(30)29-28-23-24-18-21-26-22-19-24/h18-19,21-23H,2-17,20H2,1H3,(H2,27,29,30). The first-order valence-corrected chi connectivity index (χ1v) is 12.7. The van der Waals surface area contributed by atoms with Gasteiger partial charge in [-0.05, 0) is 36.3 Å². The van der Waals surface area contributed by atoms with E-state index in [4.69, 9.17) is 12.2 Å². The highest BCUT2D eigenvalue weighted by Gasteiger charge is 1.96. The summed E-state index contributed by atoms with van der Waals surface area (Å²) in [6.07, 6.45) is 27.5. The lowest BCUT2D eigenvalue weighted by molar-refractivity contribution is 0.529. The molecule has 1 rings (SSSR count). The fourth-order valence-electron chi connectivity index (χ4n) is 3.53. The molecular formula is C25H44N4S. The zero-order valence-electron chi connectivity index (χ0n) is 19.2. The summed E-state index contributed by atoms with van der Waals surface area (Å²) in [5.74, 6) is 0. The number of aromatic nitrogens is 1. The van der Waals surface area contributed by atoms with E-state index in [0.717, 1.165) is 18.5 Å². The molecule has 4 nitrogen and oxygen atoms in total. The molecule has 0 aliphatic rings. The first-order chi connectivity index (χ1) is 14.8. The molecule has 0 saturated heterocycles. The fraction of sp³-hybridized carbons (Fsp3) is 0.720. The van der Waals surface area contributed by atoms with Crippen molar-refractivity contribution in [3.05, 3.63) is 30.1 Å². The molecule has 0 bridgehead atoms. The second-order valence-corrected chi connectivity index (χ2v) is 8.62. The van der Waals surface area contributed by atoms with Crippen molar-refractivity contribution in [1.82, 2.24) is 15.7 Å². The van der Waals surface area contributed by atoms with Gasteiger partial charge in [0.05, 0.1) is 6.21 Å². The lowest BCUT2D eigenvalue weighted by Gasteiger charge is -2.07. The van der Waals surface area contributed by atoms with Crippen LogP contribution in [0.2, 0.25) is 0 Å². The van der Waals surface area contributed by atoms with E-state index < -0.39 is 0 Å². The second-order valence-electron chi connectivity index (χ2n) is 8.21. The van der Waals surface area contributed by atoms with Gasteiger partial charge in [-0.3, -0.25) is 10.4 Å². The van der Waals surface area contributed by atoms with Crippen LogP contribution in [0.15, 0.2) is 29.6 Å². The molecule has 1 heterocycles. The summed E-state index contributed by atoms with van der Waals surface area (Å²) in [4.78, 5) is 3.98. The molecule has 0 atom stereocenters. The number of hydrogen-bond acceptors (Lipinski definition) is 3. The van der Waals surface area contributed by atoms with Crippen molar-refractivity contribution in [1.29, 1.82) is 0 Å². The van der Waals surface area contributed by atoms with Gasteiger partial charge in [-0.1, -0.05) is 103 Å². The Kier molecular flexibility index (Phi) is 18.4. The summed E-state index contributed by atoms with van der Waals surface area (Å²) in [6.45, 7) is 3.20. The van der Waals surface area contributed by atoms with Crippen LogP contribution in [0.3, 0.4) is 0 Å². The van der Waals surface area contributed by atoms with Crippen LogP contribution in [0, 0.1) is 0 Å². The monoisotopic (exact) mass is 432 g/mol. The van der Waals surface area contributed by atoms with Crippen LogP contribution >= 0.6 is 12.2 Å². The van der Waals surface area contributed by atoms with E-state index in [1.165, 1.54) is 96.3 Å². The van der Waals surface area contributed by atoms with E-state index in [2.05, 4.69) is 27.8 Å². The van der Waals surface area contributed by atoms with Gasteiger partial charge >= 0.3 is 0 Å². The Balaban J connectivity index is 1.77. The van der Waals surface area contributed by atoms with Gasteiger partial charge < -0.3 is 5.32 Å². The first-order valence-electron chi connectivity index (χ1n) is 12.3. The predicted molar refractivity (Wildman–Crippen MR) is 135 cm³/mol. The van der Waals surface area contributed by atoms with Crippen LogP contribution in [0.4, 0.5) is 0 Å². The number of rotatable bonds is 19. The van der Waals surface area contributed by atoms with E-state index in [9.17, 15) is 0 Å². The highest BCUT2D eigenvalue weighted by Crippen LogP contribution is 2.13. The molecule has 0 radical (unpaired) electrons. The van der Waals surface area contributed by atoms with Gasteiger partial charge in [-0.2, -0.15) is 5.10 Å². The van der Waals surface area contributed by atoms with Crippen molar-refractivity contribution in [3.63, 3.8) is 0 Å². The Labute approximate surface area is 190 Å². The van der Waals surface area contributed by atoms with Crippen LogP contribution < -0.4 is 10.7 Å². The molecule has 1 aromatic rings. The zero-order chi connectivity index (χ0) is 21.5. The van der Waals surface area contributed by atoms with Gasteiger partial charge in [0.15, 0.2) is 5.11 Å². The van der Waals surface area contributed by atoms with E-state index >= 15 is 0 Å². The highest BCUT2D eigenvalue weighted by molar-refractivity contribution is 7.80. The third-order valence-electron chi connectivity index (χ3n) is 5.40. The third kappa shape index (κ3) is 17.4. The number of thiocarbonyl (C=S) groups is 1. The Morgan fingerprint density at radius 3 is 1.77 bits per heavy atom. The molecule has 1 aromatic heterocycles. The van der Waals surface area contributed by atoms with Gasteiger partial charge in [0, 0.05) is 18.9 Å². The Morgan fingerprint density at radius 1 is 0.800 bits per heavy atom. The molecule has 0 saturated carbocycles. The molecule has 0 spiro atoms. The van der Waals surface area contributed by atoms with Crippen molar-refractivity contribution in [2.45, 2.75) is 110 Å². The Hall–Kier alpha value is -1.49. The molecule has 0 aliphatic carbocycles. The summed E-state index contributed by atoms with van der Waals surface area (Å²) in [7, 11) is 0. The number of pyridine rings is 1. The van der Waals surface area contributed by atoms with Crippen molar-refractivity contribution < 1.29 is 0 Å². The van der Waals surface area contributed by atoms with Crippen molar-refractivity contribution in [2.75, 3.05) is 6.54 Å². The molecule has 5 heteroatoms. The van der Waals surface area contributed by atoms with Crippen LogP contribution in [-0.2, 0) is 0 Å². The maximum Gasteiger partial charge on any atom is 0.186 e. The average molecular weight is 433 g/mol. The summed E-state index contributed by atoms with van der Waals surface area (Å²) in [5.41, 5.74) is 3.85. The largest absolute Gasteiger partial charge is 0.361 e. The molecule has 170 valence electrons. The van der Waals surface area contributed by atoms with Gasteiger partial charge in [0.2, 0.25) is 0 Å². The lowest BCUT2D eigenvalue weighted by atomic mass is 10.0. The topological polar surface area (TPSA) is 49.3 Å².